The van der Waals surface area contributed by atoms with Gasteiger partial charge in [0.1, 0.15) is 34.8 Å². The van der Waals surface area contributed by atoms with E-state index in [0.717, 1.165) is 0 Å². The van der Waals surface area contributed by atoms with Gasteiger partial charge in [0.2, 0.25) is 11.8 Å². The maximum absolute atomic E-state index is 12.8. The van der Waals surface area contributed by atoms with E-state index >= 15 is 0 Å². The average Bonchev–Trinajstić information content (AvgIpc) is 3.10. The monoisotopic (exact) mass is 872 g/mol. The molecule has 0 radical (unpaired) electrons. The number of nitrogens with one attached hydrogen (secondary N) is 4. The second-order valence-corrected chi connectivity index (χ2v) is 15.0. The fourth-order valence-corrected chi connectivity index (χ4v) is 5.03. The van der Waals surface area contributed by atoms with Crippen molar-refractivity contribution in [2.24, 2.45) is 0 Å². The second kappa shape index (κ2) is 32.2. The summed E-state index contributed by atoms with van der Waals surface area (Å²) in [5.41, 5.74) is -0.271. The summed E-state index contributed by atoms with van der Waals surface area (Å²) in [5, 5.41) is 19.5. The molecule has 0 aromatic heterocycles. The molecule has 0 heterocycles. The van der Waals surface area contributed by atoms with Crippen molar-refractivity contribution in [3.63, 3.8) is 0 Å². The molecule has 61 heavy (non-hydrogen) atoms. The van der Waals surface area contributed by atoms with E-state index in [1.807, 2.05) is 13.8 Å². The van der Waals surface area contributed by atoms with Crippen LogP contribution < -0.4 is 60.3 Å². The van der Waals surface area contributed by atoms with Gasteiger partial charge in [-0.2, -0.15) is 0 Å². The number of hydrogen-bond donors (Lipinski definition) is 5. The molecule has 0 bridgehead atoms. The predicted octanol–water partition coefficient (Wildman–Crippen LogP) is 5.07. The molecule has 0 saturated carbocycles. The van der Waals surface area contributed by atoms with E-state index in [4.69, 9.17) is 28.8 Å². The molecule has 0 aliphatic rings. The standard InChI is InChI=1S/C22H34N2O6.C20H30N2O6.CH4.Na.H2O/c1-6-28-17-12-10-11-16(15-17)23-20(26)18(24-21(27)30-22(3,4)5)13-8-9-14-19(25)29-7-2;1-5-27-15-10-8-9-14(13-15)21-18(25)16(11-6-7-12-17(23)24)22-19(26)28-20(2,3)4;;;/h10-12,15,18H,6-9,13-14H2,1-5H3,(H,23,26)(H,24,27);8-10,13,16H,5-7,11-12H2,1-4H3,(H,21,25)(H,22,26)(H,23,24);1H4;;1H2/q;;;+1;/p-1/t18-;16-;;;/m00.../s1. The van der Waals surface area contributed by atoms with Gasteiger partial charge in [-0.05, 0) is 112 Å². The Bertz CT molecular complexity index is 1610. The van der Waals surface area contributed by atoms with Crippen molar-refractivity contribution in [3.05, 3.63) is 48.5 Å². The Morgan fingerprint density at radius 2 is 1.02 bits per heavy atom. The van der Waals surface area contributed by atoms with Crippen LogP contribution in [0.5, 0.6) is 11.5 Å². The number of carboxylic acid groups (broad SMARTS) is 1. The summed E-state index contributed by atoms with van der Waals surface area (Å²) >= 11 is 0. The van der Waals surface area contributed by atoms with Gasteiger partial charge in [-0.25, -0.2) is 9.59 Å². The largest absolute Gasteiger partial charge is 1.00 e. The van der Waals surface area contributed by atoms with E-state index < -0.39 is 47.3 Å². The molecule has 0 unspecified atom stereocenters. The van der Waals surface area contributed by atoms with E-state index in [2.05, 4.69) is 21.3 Å². The fourth-order valence-electron chi connectivity index (χ4n) is 5.03. The molecule has 2 aromatic carbocycles. The molecule has 0 aliphatic carbocycles. The van der Waals surface area contributed by atoms with Gasteiger partial charge in [0.05, 0.1) is 19.8 Å². The second-order valence-electron chi connectivity index (χ2n) is 15.0. The van der Waals surface area contributed by atoms with Crippen molar-refractivity contribution in [1.82, 2.24) is 10.6 Å². The summed E-state index contributed by atoms with van der Waals surface area (Å²) in [6, 6.07) is 12.3. The first kappa shape index (κ1) is 60.7. The SMILES string of the molecule is C.CCOC(=O)CCCC[C@H](NC(=O)OC(C)(C)C)C(=O)Nc1cccc(OCC)c1.CCOc1cccc(NC(=O)[C@H](CCCCC(=O)O)NC(=O)OC(C)(C)C)c1.[Na+].[OH-]. The zero-order valence-corrected chi connectivity index (χ0v) is 38.9. The van der Waals surface area contributed by atoms with Crippen LogP contribution in [-0.2, 0) is 33.4 Å². The molecule has 6 N–H and O–H groups in total. The van der Waals surface area contributed by atoms with Gasteiger partial charge in [0, 0.05) is 36.3 Å². The Hall–Kier alpha value is -4.58. The Morgan fingerprint density at radius 3 is 1.36 bits per heavy atom. The molecule has 0 saturated heterocycles. The first-order valence-corrected chi connectivity index (χ1v) is 19.7. The number of carboxylic acids is 1. The normalized spacial score (nSPS) is 11.4. The minimum absolute atomic E-state index is 0. The number of esters is 1. The molecule has 18 heteroatoms. The molecule has 340 valence electrons. The number of hydrogen-bond acceptors (Lipinski definition) is 12. The van der Waals surface area contributed by atoms with Crippen molar-refractivity contribution in [2.75, 3.05) is 30.5 Å². The minimum atomic E-state index is -0.895. The maximum atomic E-state index is 12.8. The van der Waals surface area contributed by atoms with E-state index in [0.29, 0.717) is 81.2 Å². The van der Waals surface area contributed by atoms with Gasteiger partial charge in [-0.1, -0.05) is 32.4 Å². The molecule has 4 amide bonds. The number of ether oxygens (including phenoxy) is 5. The molecule has 2 aromatic rings. The first-order valence-electron chi connectivity index (χ1n) is 19.7. The molecular weight excluding hydrogens is 803 g/mol. The maximum Gasteiger partial charge on any atom is 1.00 e. The van der Waals surface area contributed by atoms with E-state index in [-0.39, 0.29) is 67.2 Å². The van der Waals surface area contributed by atoms with Crippen LogP contribution in [0.2, 0.25) is 0 Å². The average molecular weight is 873 g/mol. The number of benzene rings is 2. The van der Waals surface area contributed by atoms with Crippen molar-refractivity contribution < 1.29 is 92.6 Å². The molecule has 17 nitrogen and oxygen atoms in total. The quantitative estimate of drug-likeness (QED) is 0.0477. The van der Waals surface area contributed by atoms with Crippen LogP contribution in [0.3, 0.4) is 0 Å². The number of unbranched alkanes of at least 4 members (excludes halogenated alkanes) is 2. The van der Waals surface area contributed by atoms with Crippen molar-refractivity contribution >= 4 is 47.3 Å². The van der Waals surface area contributed by atoms with Crippen LogP contribution in [0.15, 0.2) is 48.5 Å². The summed E-state index contributed by atoms with van der Waals surface area (Å²) in [6.45, 7) is 17.3. The van der Waals surface area contributed by atoms with Crippen LogP contribution in [0.4, 0.5) is 21.0 Å². The third-order valence-electron chi connectivity index (χ3n) is 7.40. The Balaban J connectivity index is -0.00000105. The Kier molecular flexibility index (Phi) is 32.0. The smallest absolute Gasteiger partial charge is 0.870 e. The minimum Gasteiger partial charge on any atom is -0.870 e. The fraction of sp³-hybridized carbons (Fsp3) is 0.581. The van der Waals surface area contributed by atoms with Gasteiger partial charge in [0.25, 0.3) is 0 Å². The van der Waals surface area contributed by atoms with Crippen LogP contribution in [0.25, 0.3) is 0 Å². The summed E-state index contributed by atoms with van der Waals surface area (Å²) in [6.07, 6.45) is 1.56. The Morgan fingerprint density at radius 1 is 0.623 bits per heavy atom. The molecular formula is C43H69N4NaO13. The van der Waals surface area contributed by atoms with Crippen LogP contribution in [-0.4, -0.2) is 89.6 Å². The van der Waals surface area contributed by atoms with Gasteiger partial charge in [-0.15, -0.1) is 0 Å². The third-order valence-corrected chi connectivity index (χ3v) is 7.40. The molecule has 2 atom stereocenters. The number of alkyl carbamates (subject to hydrolysis) is 2. The topological polar surface area (TPSA) is 247 Å². The van der Waals surface area contributed by atoms with Crippen molar-refractivity contribution in [3.8, 4) is 11.5 Å². The zero-order chi connectivity index (χ0) is 43.7. The van der Waals surface area contributed by atoms with Crippen molar-refractivity contribution in [2.45, 2.75) is 144 Å². The van der Waals surface area contributed by atoms with Gasteiger partial charge in [0.15, 0.2) is 0 Å². The first-order chi connectivity index (χ1) is 27.2. The molecule has 0 spiro atoms. The molecule has 0 aliphatic heterocycles. The van der Waals surface area contributed by atoms with Crippen molar-refractivity contribution in [1.29, 1.82) is 0 Å². The van der Waals surface area contributed by atoms with Gasteiger partial charge >= 0.3 is 53.7 Å². The summed E-state index contributed by atoms with van der Waals surface area (Å²) < 4.78 is 26.3. The summed E-state index contributed by atoms with van der Waals surface area (Å²) in [5.74, 6) is -0.680. The number of carbonyl (C=O) groups is 6. The Labute approximate surface area is 383 Å². The van der Waals surface area contributed by atoms with E-state index in [9.17, 15) is 28.8 Å². The third kappa shape index (κ3) is 30.2. The number of rotatable bonds is 21. The van der Waals surface area contributed by atoms with Crippen LogP contribution in [0, 0.1) is 0 Å². The summed E-state index contributed by atoms with van der Waals surface area (Å²) in [4.78, 5) is 71.9. The molecule has 2 rings (SSSR count). The van der Waals surface area contributed by atoms with Gasteiger partial charge < -0.3 is 55.5 Å². The van der Waals surface area contributed by atoms with E-state index in [1.54, 1.807) is 97.0 Å². The number of carbonyl (C=O) groups excluding carboxylic acids is 5. The number of aliphatic carboxylic acids is 1. The van der Waals surface area contributed by atoms with Crippen LogP contribution in [0.1, 0.15) is 121 Å². The van der Waals surface area contributed by atoms with Crippen LogP contribution >= 0.6 is 0 Å². The molecule has 0 fully saturated rings. The number of anilines is 2. The van der Waals surface area contributed by atoms with Gasteiger partial charge in [-0.3, -0.25) is 19.2 Å². The zero-order valence-electron chi connectivity index (χ0n) is 36.9. The number of amides is 4. The predicted molar refractivity (Wildman–Crippen MR) is 229 cm³/mol. The summed E-state index contributed by atoms with van der Waals surface area (Å²) in [7, 11) is 0. The van der Waals surface area contributed by atoms with E-state index in [1.165, 1.54) is 0 Å².